The molecule has 124 valence electrons. The van der Waals surface area contributed by atoms with E-state index in [1.807, 2.05) is 28.9 Å². The maximum atomic E-state index is 12.5. The van der Waals surface area contributed by atoms with E-state index in [-0.39, 0.29) is 12.1 Å². The van der Waals surface area contributed by atoms with Gasteiger partial charge in [0.25, 0.3) is 0 Å². The standard InChI is InChI=1S/C17H24N4OS/c1-3-15(16-5-4-8-23-16)19-17(22)21-7-6-13(12-21)9-14-10-18-20(2)11-14/h4-5,8,10-11,13,15H,3,6-7,9,12H2,1-2H3,(H,19,22)/t13-,15+/m1/s1. The number of urea groups is 1. The van der Waals surface area contributed by atoms with Crippen molar-refractivity contribution in [3.63, 3.8) is 0 Å². The summed E-state index contributed by atoms with van der Waals surface area (Å²) in [6, 6.07) is 4.32. The second-order valence-corrected chi connectivity index (χ2v) is 7.23. The number of thiophene rings is 1. The van der Waals surface area contributed by atoms with Gasteiger partial charge in [0.15, 0.2) is 0 Å². The van der Waals surface area contributed by atoms with Crippen molar-refractivity contribution < 1.29 is 4.79 Å². The lowest BCUT2D eigenvalue weighted by atomic mass is 10.0. The first-order chi connectivity index (χ1) is 11.2. The fourth-order valence-electron chi connectivity index (χ4n) is 3.20. The number of nitrogens with zero attached hydrogens (tertiary/aromatic N) is 3. The number of carbonyl (C=O) groups excluding carboxylic acids is 1. The largest absolute Gasteiger partial charge is 0.330 e. The molecule has 1 fully saturated rings. The Bertz CT molecular complexity index is 637. The first-order valence-electron chi connectivity index (χ1n) is 8.22. The van der Waals surface area contributed by atoms with E-state index in [9.17, 15) is 4.79 Å². The first-order valence-corrected chi connectivity index (χ1v) is 9.10. The summed E-state index contributed by atoms with van der Waals surface area (Å²) in [5, 5.41) is 9.46. The van der Waals surface area contributed by atoms with Gasteiger partial charge in [-0.25, -0.2) is 4.79 Å². The Morgan fingerprint density at radius 2 is 2.43 bits per heavy atom. The Labute approximate surface area is 141 Å². The van der Waals surface area contributed by atoms with Crippen LogP contribution in [0.4, 0.5) is 4.79 Å². The SMILES string of the molecule is CC[C@H](NC(=O)N1CC[C@H](Cc2cnn(C)c2)C1)c1cccs1. The van der Waals surface area contributed by atoms with Gasteiger partial charge in [-0.3, -0.25) is 4.68 Å². The van der Waals surface area contributed by atoms with Gasteiger partial charge in [0.1, 0.15) is 0 Å². The molecule has 0 unspecified atom stereocenters. The molecule has 1 N–H and O–H groups in total. The van der Waals surface area contributed by atoms with Gasteiger partial charge in [0.2, 0.25) is 0 Å². The summed E-state index contributed by atoms with van der Waals surface area (Å²) in [7, 11) is 1.94. The normalized spacial score (nSPS) is 19.0. The van der Waals surface area contributed by atoms with Crippen LogP contribution >= 0.6 is 11.3 Å². The van der Waals surface area contributed by atoms with Crippen molar-refractivity contribution in [3.8, 4) is 0 Å². The molecule has 2 aromatic heterocycles. The smallest absolute Gasteiger partial charge is 0.317 e. The summed E-state index contributed by atoms with van der Waals surface area (Å²) in [4.78, 5) is 15.7. The van der Waals surface area contributed by atoms with Gasteiger partial charge >= 0.3 is 6.03 Å². The van der Waals surface area contributed by atoms with E-state index in [1.165, 1.54) is 10.4 Å². The molecule has 2 amide bonds. The second kappa shape index (κ2) is 7.17. The summed E-state index contributed by atoms with van der Waals surface area (Å²) < 4.78 is 1.83. The average molecular weight is 332 g/mol. The van der Waals surface area contributed by atoms with Crippen LogP contribution in [0.2, 0.25) is 0 Å². The summed E-state index contributed by atoms with van der Waals surface area (Å²) in [6.45, 7) is 3.79. The Hall–Kier alpha value is -1.82. The summed E-state index contributed by atoms with van der Waals surface area (Å²) in [6.07, 6.45) is 6.97. The van der Waals surface area contributed by atoms with Crippen LogP contribution in [0, 0.1) is 5.92 Å². The molecule has 0 aliphatic carbocycles. The maximum Gasteiger partial charge on any atom is 0.317 e. The van der Waals surface area contributed by atoms with Gasteiger partial charge in [0, 0.05) is 31.2 Å². The van der Waals surface area contributed by atoms with Crippen molar-refractivity contribution in [2.75, 3.05) is 13.1 Å². The van der Waals surface area contributed by atoms with Crippen LogP contribution in [0.3, 0.4) is 0 Å². The van der Waals surface area contributed by atoms with E-state index in [2.05, 4.69) is 35.0 Å². The highest BCUT2D eigenvalue weighted by atomic mass is 32.1. The lowest BCUT2D eigenvalue weighted by molar-refractivity contribution is 0.202. The number of likely N-dealkylation sites (tertiary alicyclic amines) is 1. The Morgan fingerprint density at radius 3 is 3.09 bits per heavy atom. The van der Waals surface area contributed by atoms with Crippen molar-refractivity contribution in [1.82, 2.24) is 20.0 Å². The number of hydrogen-bond acceptors (Lipinski definition) is 3. The van der Waals surface area contributed by atoms with Gasteiger partial charge < -0.3 is 10.2 Å². The van der Waals surface area contributed by atoms with Crippen molar-refractivity contribution in [2.24, 2.45) is 13.0 Å². The van der Waals surface area contributed by atoms with Crippen LogP contribution in [-0.4, -0.2) is 33.8 Å². The summed E-state index contributed by atoms with van der Waals surface area (Å²) in [5.74, 6) is 0.534. The highest BCUT2D eigenvalue weighted by molar-refractivity contribution is 7.10. The van der Waals surface area contributed by atoms with Crippen LogP contribution in [0.25, 0.3) is 0 Å². The van der Waals surface area contributed by atoms with E-state index in [4.69, 9.17) is 0 Å². The first kappa shape index (κ1) is 16.1. The lowest BCUT2D eigenvalue weighted by Gasteiger charge is -2.22. The number of carbonyl (C=O) groups is 1. The summed E-state index contributed by atoms with van der Waals surface area (Å²) >= 11 is 1.70. The molecule has 0 aromatic carbocycles. The number of aromatic nitrogens is 2. The van der Waals surface area contributed by atoms with Crippen molar-refractivity contribution in [1.29, 1.82) is 0 Å². The fourth-order valence-corrected chi connectivity index (χ4v) is 4.06. The molecule has 1 aliphatic heterocycles. The monoisotopic (exact) mass is 332 g/mol. The van der Waals surface area contributed by atoms with E-state index in [1.54, 1.807) is 11.3 Å². The third-order valence-electron chi connectivity index (χ3n) is 4.45. The van der Waals surface area contributed by atoms with E-state index >= 15 is 0 Å². The molecule has 0 spiro atoms. The molecule has 1 aliphatic rings. The molecule has 0 bridgehead atoms. The molecule has 3 heterocycles. The molecule has 23 heavy (non-hydrogen) atoms. The minimum Gasteiger partial charge on any atom is -0.330 e. The Kier molecular flexibility index (Phi) is 5.00. The molecule has 2 atom stereocenters. The molecule has 2 aromatic rings. The highest BCUT2D eigenvalue weighted by Gasteiger charge is 2.28. The van der Waals surface area contributed by atoms with E-state index in [0.717, 1.165) is 32.4 Å². The molecular weight excluding hydrogens is 308 g/mol. The molecule has 6 heteroatoms. The third-order valence-corrected chi connectivity index (χ3v) is 5.43. The molecule has 1 saturated heterocycles. The molecule has 3 rings (SSSR count). The van der Waals surface area contributed by atoms with Crippen LogP contribution in [0.15, 0.2) is 29.9 Å². The van der Waals surface area contributed by atoms with E-state index in [0.29, 0.717) is 5.92 Å². The predicted molar refractivity (Wildman–Crippen MR) is 92.5 cm³/mol. The quantitative estimate of drug-likeness (QED) is 0.914. The topological polar surface area (TPSA) is 50.2 Å². The van der Waals surface area contributed by atoms with Gasteiger partial charge in [0.05, 0.1) is 12.2 Å². The summed E-state index contributed by atoms with van der Waals surface area (Å²) in [5.41, 5.74) is 1.25. The van der Waals surface area contributed by atoms with Gasteiger partial charge in [-0.05, 0) is 42.2 Å². The van der Waals surface area contributed by atoms with Gasteiger partial charge in [-0.2, -0.15) is 5.10 Å². The Balaban J connectivity index is 1.52. The molecule has 0 saturated carbocycles. The molecular formula is C17H24N4OS. The minimum atomic E-state index is 0.0685. The molecule has 0 radical (unpaired) electrons. The zero-order valence-electron chi connectivity index (χ0n) is 13.7. The van der Waals surface area contributed by atoms with Gasteiger partial charge in [-0.1, -0.05) is 13.0 Å². The van der Waals surface area contributed by atoms with Crippen molar-refractivity contribution >= 4 is 17.4 Å². The lowest BCUT2D eigenvalue weighted by Crippen LogP contribution is -2.40. The number of rotatable bonds is 5. The fraction of sp³-hybridized carbons (Fsp3) is 0.529. The number of amides is 2. The van der Waals surface area contributed by atoms with Crippen molar-refractivity contribution in [2.45, 2.75) is 32.2 Å². The predicted octanol–water partition coefficient (Wildman–Crippen LogP) is 3.21. The highest BCUT2D eigenvalue weighted by Crippen LogP contribution is 2.24. The molecule has 5 nitrogen and oxygen atoms in total. The maximum absolute atomic E-state index is 12.5. The average Bonchev–Trinajstić information content (AvgIpc) is 3.27. The number of hydrogen-bond donors (Lipinski definition) is 1. The van der Waals surface area contributed by atoms with E-state index < -0.39 is 0 Å². The van der Waals surface area contributed by atoms with Crippen LogP contribution in [0.1, 0.15) is 36.2 Å². The van der Waals surface area contributed by atoms with Crippen LogP contribution in [-0.2, 0) is 13.5 Å². The second-order valence-electron chi connectivity index (χ2n) is 6.25. The van der Waals surface area contributed by atoms with Gasteiger partial charge in [-0.15, -0.1) is 11.3 Å². The van der Waals surface area contributed by atoms with Crippen LogP contribution < -0.4 is 5.32 Å². The third kappa shape index (κ3) is 3.93. The van der Waals surface area contributed by atoms with Crippen LogP contribution in [0.5, 0.6) is 0 Å². The number of nitrogens with one attached hydrogen (secondary N) is 1. The number of aryl methyl sites for hydroxylation is 1. The zero-order chi connectivity index (χ0) is 16.2. The Morgan fingerprint density at radius 1 is 1.57 bits per heavy atom. The zero-order valence-corrected chi connectivity index (χ0v) is 14.6. The minimum absolute atomic E-state index is 0.0685. The van der Waals surface area contributed by atoms with Crippen molar-refractivity contribution in [3.05, 3.63) is 40.3 Å².